The molecule has 0 heterocycles. The van der Waals surface area contributed by atoms with Crippen molar-refractivity contribution in [1.29, 1.82) is 0 Å². The van der Waals surface area contributed by atoms with Crippen LogP contribution in [-0.2, 0) is 28.6 Å². The van der Waals surface area contributed by atoms with Gasteiger partial charge in [0.2, 0.25) is 0 Å². The number of hydrogen-bond acceptors (Lipinski definition) is 6. The molecule has 0 spiro atoms. The maximum Gasteiger partial charge on any atom is 0.306 e. The van der Waals surface area contributed by atoms with Crippen LogP contribution in [0.1, 0.15) is 336 Å². The van der Waals surface area contributed by atoms with Crippen molar-refractivity contribution in [3.63, 3.8) is 0 Å². The smallest absolute Gasteiger partial charge is 0.306 e. The van der Waals surface area contributed by atoms with E-state index in [4.69, 9.17) is 14.2 Å². The summed E-state index contributed by atoms with van der Waals surface area (Å²) in [4.78, 5) is 38.1. The second kappa shape index (κ2) is 52.8. The van der Waals surface area contributed by atoms with E-state index in [-0.39, 0.29) is 31.1 Å². The molecule has 0 N–H and O–H groups in total. The van der Waals surface area contributed by atoms with E-state index in [1.807, 2.05) is 0 Å². The first-order chi connectivity index (χ1) is 32.2. The zero-order chi connectivity index (χ0) is 48.2. The molecule has 0 aromatic heterocycles. The van der Waals surface area contributed by atoms with Gasteiger partial charge in [-0.25, -0.2) is 0 Å². The SMILES string of the molecule is CCCCCCCCCCCCCCCCCCCC(=O)OC[C@H](COC(=O)CCCCCCCCCC(C)C)OC(=O)CCCCCCCCCCCCCCCCCCCCC(C)C. The summed E-state index contributed by atoms with van der Waals surface area (Å²) < 4.78 is 16.9. The van der Waals surface area contributed by atoms with E-state index in [1.165, 1.54) is 225 Å². The van der Waals surface area contributed by atoms with Gasteiger partial charge in [-0.15, -0.1) is 0 Å². The molecule has 6 nitrogen and oxygen atoms in total. The number of rotatable bonds is 54. The van der Waals surface area contributed by atoms with Crippen molar-refractivity contribution >= 4 is 17.9 Å². The molecular formula is C60H116O6. The topological polar surface area (TPSA) is 78.9 Å². The molecule has 0 radical (unpaired) electrons. The zero-order valence-corrected chi connectivity index (χ0v) is 45.3. The lowest BCUT2D eigenvalue weighted by molar-refractivity contribution is -0.167. The molecule has 0 amide bonds. The summed E-state index contributed by atoms with van der Waals surface area (Å²) in [6.45, 7) is 11.4. The fourth-order valence-corrected chi connectivity index (χ4v) is 9.23. The molecule has 0 aromatic rings. The van der Waals surface area contributed by atoms with Crippen LogP contribution in [0.15, 0.2) is 0 Å². The van der Waals surface area contributed by atoms with Gasteiger partial charge in [-0.3, -0.25) is 14.4 Å². The van der Waals surface area contributed by atoms with Crippen LogP contribution in [0.5, 0.6) is 0 Å². The lowest BCUT2D eigenvalue weighted by atomic mass is 10.0. The minimum absolute atomic E-state index is 0.0631. The van der Waals surface area contributed by atoms with Crippen LogP contribution in [-0.4, -0.2) is 37.2 Å². The Labute approximate surface area is 412 Å². The second-order valence-electron chi connectivity index (χ2n) is 21.6. The summed E-state index contributed by atoms with van der Waals surface area (Å²) in [5.41, 5.74) is 0. The number of esters is 3. The molecule has 6 heteroatoms. The van der Waals surface area contributed by atoms with Gasteiger partial charge in [0, 0.05) is 19.3 Å². The summed E-state index contributed by atoms with van der Waals surface area (Å²) in [5.74, 6) is 0.798. The van der Waals surface area contributed by atoms with Crippen LogP contribution in [0.3, 0.4) is 0 Å². The van der Waals surface area contributed by atoms with Crippen LogP contribution < -0.4 is 0 Å². The molecule has 0 unspecified atom stereocenters. The van der Waals surface area contributed by atoms with E-state index >= 15 is 0 Å². The molecule has 0 rings (SSSR count). The lowest BCUT2D eigenvalue weighted by Crippen LogP contribution is -2.30. The fraction of sp³-hybridized carbons (Fsp3) is 0.950. The van der Waals surface area contributed by atoms with Crippen molar-refractivity contribution in [3.8, 4) is 0 Å². The zero-order valence-electron chi connectivity index (χ0n) is 45.3. The average molecular weight is 934 g/mol. The van der Waals surface area contributed by atoms with Crippen molar-refractivity contribution in [2.75, 3.05) is 13.2 Å². The van der Waals surface area contributed by atoms with Gasteiger partial charge in [0.25, 0.3) is 0 Å². The third kappa shape index (κ3) is 53.4. The lowest BCUT2D eigenvalue weighted by Gasteiger charge is -2.18. The van der Waals surface area contributed by atoms with Gasteiger partial charge in [0.05, 0.1) is 0 Å². The Hall–Kier alpha value is -1.59. The second-order valence-corrected chi connectivity index (χ2v) is 21.6. The Balaban J connectivity index is 4.21. The van der Waals surface area contributed by atoms with Crippen molar-refractivity contribution in [2.45, 2.75) is 343 Å². The average Bonchev–Trinajstić information content (AvgIpc) is 3.29. The summed E-state index contributed by atoms with van der Waals surface area (Å²) in [6, 6.07) is 0. The highest BCUT2D eigenvalue weighted by atomic mass is 16.6. The third-order valence-corrected chi connectivity index (χ3v) is 13.7. The third-order valence-electron chi connectivity index (χ3n) is 13.7. The molecule has 0 aliphatic carbocycles. The first-order valence-electron chi connectivity index (χ1n) is 29.7. The quantitative estimate of drug-likeness (QED) is 0.0343. The maximum absolute atomic E-state index is 12.9. The predicted molar refractivity (Wildman–Crippen MR) is 284 cm³/mol. The molecule has 0 saturated heterocycles. The molecule has 0 aliphatic heterocycles. The highest BCUT2D eigenvalue weighted by Crippen LogP contribution is 2.18. The Bertz CT molecular complexity index is 1010. The van der Waals surface area contributed by atoms with E-state index in [1.54, 1.807) is 0 Å². The number of carbonyl (C=O) groups excluding carboxylic acids is 3. The fourth-order valence-electron chi connectivity index (χ4n) is 9.23. The van der Waals surface area contributed by atoms with Gasteiger partial charge in [0.1, 0.15) is 13.2 Å². The van der Waals surface area contributed by atoms with Gasteiger partial charge < -0.3 is 14.2 Å². The Morgan fingerprint density at radius 1 is 0.288 bits per heavy atom. The van der Waals surface area contributed by atoms with Crippen molar-refractivity contribution < 1.29 is 28.6 Å². The Morgan fingerprint density at radius 3 is 0.742 bits per heavy atom. The molecular weight excluding hydrogens is 817 g/mol. The van der Waals surface area contributed by atoms with Crippen molar-refractivity contribution in [1.82, 2.24) is 0 Å². The normalized spacial score (nSPS) is 12.0. The van der Waals surface area contributed by atoms with Gasteiger partial charge in [-0.05, 0) is 31.1 Å². The van der Waals surface area contributed by atoms with Crippen LogP contribution in [0.25, 0.3) is 0 Å². The molecule has 0 fully saturated rings. The van der Waals surface area contributed by atoms with Crippen LogP contribution in [0.4, 0.5) is 0 Å². The summed E-state index contributed by atoms with van der Waals surface area (Å²) in [5, 5.41) is 0. The molecule has 0 aliphatic rings. The molecule has 66 heavy (non-hydrogen) atoms. The minimum Gasteiger partial charge on any atom is -0.462 e. The summed E-state index contributed by atoms with van der Waals surface area (Å²) >= 11 is 0. The van der Waals surface area contributed by atoms with E-state index in [0.29, 0.717) is 19.3 Å². The first kappa shape index (κ1) is 64.4. The molecule has 0 aromatic carbocycles. The summed E-state index contributed by atoms with van der Waals surface area (Å²) in [7, 11) is 0. The minimum atomic E-state index is -0.763. The Kier molecular flexibility index (Phi) is 51.5. The number of hydrogen-bond donors (Lipinski definition) is 0. The largest absolute Gasteiger partial charge is 0.462 e. The molecule has 1 atom stereocenters. The number of ether oxygens (including phenoxy) is 3. The van der Waals surface area contributed by atoms with E-state index in [0.717, 1.165) is 69.6 Å². The van der Waals surface area contributed by atoms with Crippen LogP contribution >= 0.6 is 0 Å². The maximum atomic E-state index is 12.9. The molecule has 392 valence electrons. The highest BCUT2D eigenvalue weighted by molar-refractivity contribution is 5.71. The van der Waals surface area contributed by atoms with Crippen molar-refractivity contribution in [2.24, 2.45) is 11.8 Å². The van der Waals surface area contributed by atoms with E-state index < -0.39 is 6.10 Å². The Morgan fingerprint density at radius 2 is 0.500 bits per heavy atom. The summed E-state index contributed by atoms with van der Waals surface area (Å²) in [6.07, 6.45) is 56.8. The van der Waals surface area contributed by atoms with Crippen LogP contribution in [0, 0.1) is 11.8 Å². The van der Waals surface area contributed by atoms with Gasteiger partial charge in [0.15, 0.2) is 6.10 Å². The van der Waals surface area contributed by atoms with E-state index in [9.17, 15) is 14.4 Å². The number of carbonyl (C=O) groups is 3. The monoisotopic (exact) mass is 933 g/mol. The van der Waals surface area contributed by atoms with Crippen molar-refractivity contribution in [3.05, 3.63) is 0 Å². The van der Waals surface area contributed by atoms with E-state index in [2.05, 4.69) is 34.6 Å². The van der Waals surface area contributed by atoms with Gasteiger partial charge in [-0.1, -0.05) is 298 Å². The molecule has 0 saturated carbocycles. The van der Waals surface area contributed by atoms with Gasteiger partial charge >= 0.3 is 17.9 Å². The predicted octanol–water partition coefficient (Wildman–Crippen LogP) is 19.7. The molecule has 0 bridgehead atoms. The standard InChI is InChI=1S/C60H116O6/c1-6-7-8-9-10-11-12-13-14-17-21-24-27-30-35-40-45-50-58(61)64-53-57(54-65-59(62)51-46-41-37-32-34-39-44-49-56(4)5)66-60(63)52-47-42-36-31-28-25-22-19-16-15-18-20-23-26-29-33-38-43-48-55(2)3/h55-57H,6-54H2,1-5H3/t57-/m1/s1. The van der Waals surface area contributed by atoms with Gasteiger partial charge in [-0.2, -0.15) is 0 Å². The highest BCUT2D eigenvalue weighted by Gasteiger charge is 2.19. The number of unbranched alkanes of at least 4 members (excludes halogenated alkanes) is 39. The first-order valence-corrected chi connectivity index (χ1v) is 29.7. The van der Waals surface area contributed by atoms with Crippen LogP contribution in [0.2, 0.25) is 0 Å².